The number of hydrogen-bond acceptors (Lipinski definition) is 1. The summed E-state index contributed by atoms with van der Waals surface area (Å²) in [5.74, 6) is 0. The first-order chi connectivity index (χ1) is 2.81. The molecule has 0 saturated heterocycles. The van der Waals surface area contributed by atoms with Crippen molar-refractivity contribution in [3.05, 3.63) is 0 Å². The molecule has 2 N–H and O–H groups in total. The molecule has 3 heteroatoms. The molecule has 1 atom stereocenters. The Morgan fingerprint density at radius 1 is 2.00 bits per heavy atom. The zero-order valence-electron chi connectivity index (χ0n) is 3.98. The van der Waals surface area contributed by atoms with E-state index in [2.05, 4.69) is 0 Å². The van der Waals surface area contributed by atoms with E-state index in [0.717, 1.165) is 6.42 Å². The van der Waals surface area contributed by atoms with Crippen LogP contribution in [0.3, 0.4) is 0 Å². The molecule has 0 fully saturated rings. The van der Waals surface area contributed by atoms with Crippen LogP contribution in [-0.4, -0.2) is 15.4 Å². The molecule has 0 bridgehead atoms. The van der Waals surface area contributed by atoms with E-state index in [1.54, 1.807) is 0 Å². The van der Waals surface area contributed by atoms with Crippen LogP contribution in [0.15, 0.2) is 0 Å². The van der Waals surface area contributed by atoms with Crippen molar-refractivity contribution in [2.75, 3.05) is 0 Å². The molecule has 0 aliphatic carbocycles. The average Bonchev–Trinajstić information content (AvgIpc) is 1.65. The van der Waals surface area contributed by atoms with Gasteiger partial charge in [0.15, 0.2) is 0 Å². The van der Waals surface area contributed by atoms with Crippen LogP contribution in [0, 0.1) is 0 Å². The Labute approximate surface area is 40.3 Å². The van der Waals surface area contributed by atoms with E-state index in [1.165, 1.54) is 0 Å². The summed E-state index contributed by atoms with van der Waals surface area (Å²) in [5.41, 5.74) is 5.24. The van der Waals surface area contributed by atoms with Gasteiger partial charge in [-0.3, -0.25) is 0 Å². The van der Waals surface area contributed by atoms with Gasteiger partial charge in [0.05, 0.1) is 0 Å². The van der Waals surface area contributed by atoms with Gasteiger partial charge in [0, 0.05) is 5.67 Å². The molecule has 0 aliphatic rings. The molecule has 0 aromatic carbocycles. The highest BCUT2D eigenvalue weighted by Crippen LogP contribution is 1.77. The van der Waals surface area contributed by atoms with Crippen LogP contribution in [0.25, 0.3) is 0 Å². The van der Waals surface area contributed by atoms with Crippen LogP contribution in [0.4, 0.5) is 0 Å². The summed E-state index contributed by atoms with van der Waals surface area (Å²) in [7, 11) is -1.13. The minimum atomic E-state index is -1.13. The van der Waals surface area contributed by atoms with E-state index >= 15 is 0 Å². The zero-order chi connectivity index (χ0) is 4.99. The van der Waals surface area contributed by atoms with Gasteiger partial charge in [-0.15, -0.1) is 0 Å². The second-order valence-corrected chi connectivity index (χ2v) is 2.72. The predicted molar refractivity (Wildman–Crippen MR) is 27.5 cm³/mol. The van der Waals surface area contributed by atoms with Gasteiger partial charge in [-0.05, 0) is 6.42 Å². The quantitative estimate of drug-likeness (QED) is 0.458. The molecule has 0 heterocycles. The average molecular weight is 104 g/mol. The minimum Gasteiger partial charge on any atom is -0.328 e. The summed E-state index contributed by atoms with van der Waals surface area (Å²) in [6, 6.07) is 0. The van der Waals surface area contributed by atoms with Crippen molar-refractivity contribution in [1.82, 2.24) is 0 Å². The minimum absolute atomic E-state index is 0.0185. The Hall–Kier alpha value is 0.137. The van der Waals surface area contributed by atoms with Crippen molar-refractivity contribution in [3.8, 4) is 0 Å². The lowest BCUT2D eigenvalue weighted by molar-refractivity contribution is 0.458. The molecule has 6 heavy (non-hydrogen) atoms. The molecule has 0 spiro atoms. The van der Waals surface area contributed by atoms with E-state index in [9.17, 15) is 4.80 Å². The van der Waals surface area contributed by atoms with Gasteiger partial charge in [-0.25, -0.2) is 0 Å². The summed E-state index contributed by atoms with van der Waals surface area (Å²) in [6.45, 7) is 1.94. The van der Waals surface area contributed by atoms with Crippen molar-refractivity contribution in [2.24, 2.45) is 5.73 Å². The Balaban J connectivity index is 2.75. The van der Waals surface area contributed by atoms with E-state index in [1.807, 2.05) is 6.92 Å². The molecule has 2 nitrogen and oxygen atoms in total. The van der Waals surface area contributed by atoms with Crippen molar-refractivity contribution in [1.29, 1.82) is 0 Å². The SMILES string of the molecule is CCC(N)[SiH2][O]. The zero-order valence-corrected chi connectivity index (χ0v) is 5.39. The molecule has 0 aromatic heterocycles. The van der Waals surface area contributed by atoms with Gasteiger partial charge in [-0.2, -0.15) is 0 Å². The van der Waals surface area contributed by atoms with E-state index in [-0.39, 0.29) is 5.67 Å². The highest BCUT2D eigenvalue weighted by Gasteiger charge is 1.94. The third kappa shape index (κ3) is 2.38. The summed E-state index contributed by atoms with van der Waals surface area (Å²) < 4.78 is 0. The van der Waals surface area contributed by atoms with Crippen molar-refractivity contribution < 1.29 is 4.80 Å². The number of nitrogens with two attached hydrogens (primary N) is 1. The molecule has 0 saturated carbocycles. The van der Waals surface area contributed by atoms with E-state index in [0.29, 0.717) is 0 Å². The van der Waals surface area contributed by atoms with Crippen molar-refractivity contribution in [3.63, 3.8) is 0 Å². The Bertz CT molecular complexity index is 30.0. The van der Waals surface area contributed by atoms with E-state index < -0.39 is 9.76 Å². The third-order valence-electron chi connectivity index (χ3n) is 0.738. The lowest BCUT2D eigenvalue weighted by Crippen LogP contribution is -2.24. The normalized spacial score (nSPS) is 16.5. The lowest BCUT2D eigenvalue weighted by atomic mass is 10.5. The first-order valence-electron chi connectivity index (χ1n) is 2.15. The Morgan fingerprint density at radius 3 is 2.50 bits per heavy atom. The van der Waals surface area contributed by atoms with Crippen LogP contribution in [0.1, 0.15) is 13.3 Å². The fraction of sp³-hybridized carbons (Fsp3) is 1.00. The maximum atomic E-state index is 9.87. The summed E-state index contributed by atoms with van der Waals surface area (Å²) >= 11 is 0. The molecule has 0 rings (SSSR count). The number of rotatable bonds is 2. The van der Waals surface area contributed by atoms with Gasteiger partial charge >= 0.3 is 0 Å². The molecule has 1 radical (unpaired) electrons. The van der Waals surface area contributed by atoms with E-state index in [4.69, 9.17) is 5.73 Å². The second-order valence-electron chi connectivity index (χ2n) is 1.33. The highest BCUT2D eigenvalue weighted by molar-refractivity contribution is 6.27. The topological polar surface area (TPSA) is 45.9 Å². The molecule has 0 aromatic rings. The first kappa shape index (κ1) is 6.14. The Morgan fingerprint density at radius 2 is 2.50 bits per heavy atom. The van der Waals surface area contributed by atoms with Gasteiger partial charge < -0.3 is 10.5 Å². The van der Waals surface area contributed by atoms with Crippen LogP contribution >= 0.6 is 0 Å². The molecule has 37 valence electrons. The first-order valence-corrected chi connectivity index (χ1v) is 3.54. The Kier molecular flexibility index (Phi) is 3.41. The summed E-state index contributed by atoms with van der Waals surface area (Å²) in [6.07, 6.45) is 0.857. The monoisotopic (exact) mass is 104 g/mol. The smallest absolute Gasteiger partial charge is 0.223 e. The molecule has 1 unspecified atom stereocenters. The molecule has 0 amide bonds. The maximum absolute atomic E-state index is 9.87. The molecular weight excluding hydrogens is 94.1 g/mol. The fourth-order valence-corrected chi connectivity index (χ4v) is 0.354. The largest absolute Gasteiger partial charge is 0.328 e. The van der Waals surface area contributed by atoms with Crippen LogP contribution in [-0.2, 0) is 4.80 Å². The lowest BCUT2D eigenvalue weighted by Gasteiger charge is -1.95. The fourth-order valence-electron chi connectivity index (χ4n) is 0.118. The van der Waals surface area contributed by atoms with Crippen LogP contribution in [0.2, 0.25) is 0 Å². The molecule has 0 aliphatic heterocycles. The van der Waals surface area contributed by atoms with Crippen LogP contribution in [0.5, 0.6) is 0 Å². The maximum Gasteiger partial charge on any atom is 0.223 e. The van der Waals surface area contributed by atoms with Crippen molar-refractivity contribution in [2.45, 2.75) is 19.0 Å². The van der Waals surface area contributed by atoms with Gasteiger partial charge in [0.2, 0.25) is 9.76 Å². The van der Waals surface area contributed by atoms with Crippen LogP contribution < -0.4 is 5.73 Å². The summed E-state index contributed by atoms with van der Waals surface area (Å²) in [4.78, 5) is 9.87. The molecular formula is C3H10NOSi. The van der Waals surface area contributed by atoms with Gasteiger partial charge in [0.1, 0.15) is 0 Å². The van der Waals surface area contributed by atoms with Gasteiger partial charge in [-0.1, -0.05) is 6.92 Å². The van der Waals surface area contributed by atoms with Gasteiger partial charge in [0.25, 0.3) is 0 Å². The summed E-state index contributed by atoms with van der Waals surface area (Å²) in [5, 5.41) is 0. The predicted octanol–water partition coefficient (Wildman–Crippen LogP) is -0.804. The third-order valence-corrected chi connectivity index (χ3v) is 1.74. The van der Waals surface area contributed by atoms with Crippen molar-refractivity contribution >= 4 is 9.76 Å². The highest BCUT2D eigenvalue weighted by atomic mass is 28.2. The number of hydrogen-bond donors (Lipinski definition) is 1. The standard InChI is InChI=1S/C3H10NOSi/c1-2-3(4)6-5/h3H,2,4,6H2,1H3. The second kappa shape index (κ2) is 3.33.